The highest BCUT2D eigenvalue weighted by Crippen LogP contribution is 2.39. The summed E-state index contributed by atoms with van der Waals surface area (Å²) in [5.41, 5.74) is 0.387. The molecule has 4 heteroatoms. The van der Waals surface area contributed by atoms with Gasteiger partial charge in [-0.3, -0.25) is 0 Å². The Kier molecular flexibility index (Phi) is 4.55. The van der Waals surface area contributed by atoms with E-state index in [1.54, 1.807) is 0 Å². The third kappa shape index (κ3) is 3.61. The fourth-order valence-corrected chi connectivity index (χ4v) is 2.91. The van der Waals surface area contributed by atoms with Gasteiger partial charge in [-0.2, -0.15) is 0 Å². The van der Waals surface area contributed by atoms with Crippen molar-refractivity contribution >= 4 is 0 Å². The second-order valence-corrected chi connectivity index (χ2v) is 7.18. The Morgan fingerprint density at radius 2 is 2.25 bits per heavy atom. The molecule has 0 bridgehead atoms. The summed E-state index contributed by atoms with van der Waals surface area (Å²) in [7, 11) is 2.07. The van der Waals surface area contributed by atoms with Crippen molar-refractivity contribution in [1.82, 2.24) is 14.9 Å². The van der Waals surface area contributed by atoms with Gasteiger partial charge in [0.2, 0.25) is 0 Å². The van der Waals surface area contributed by atoms with Crippen LogP contribution in [0.3, 0.4) is 0 Å². The summed E-state index contributed by atoms with van der Waals surface area (Å²) in [4.78, 5) is 4.44. The summed E-state index contributed by atoms with van der Waals surface area (Å²) in [6, 6.07) is 0. The first-order valence-corrected chi connectivity index (χ1v) is 7.65. The molecule has 1 aromatic rings. The number of hydrogen-bond donors (Lipinski definition) is 1. The van der Waals surface area contributed by atoms with E-state index in [1.807, 2.05) is 12.4 Å². The predicted octanol–water partition coefficient (Wildman–Crippen LogP) is 2.54. The Balaban J connectivity index is 2.02. The first-order valence-electron chi connectivity index (χ1n) is 7.65. The molecule has 2 atom stereocenters. The smallest absolute Gasteiger partial charge is 0.108 e. The van der Waals surface area contributed by atoms with Gasteiger partial charge in [0.25, 0.3) is 0 Å². The molecule has 1 saturated heterocycles. The highest BCUT2D eigenvalue weighted by Gasteiger charge is 2.41. The van der Waals surface area contributed by atoms with Gasteiger partial charge in [0.05, 0.1) is 6.10 Å². The van der Waals surface area contributed by atoms with E-state index >= 15 is 0 Å². The summed E-state index contributed by atoms with van der Waals surface area (Å²) in [5.74, 6) is 1.17. The third-order valence-electron chi connectivity index (χ3n) is 4.57. The fourth-order valence-electron chi connectivity index (χ4n) is 2.91. The lowest BCUT2D eigenvalue weighted by molar-refractivity contribution is 0.0549. The number of aromatic nitrogens is 2. The molecule has 0 saturated carbocycles. The van der Waals surface area contributed by atoms with Crippen LogP contribution in [0.4, 0.5) is 0 Å². The Bertz CT molecular complexity index is 435. The van der Waals surface area contributed by atoms with Crippen molar-refractivity contribution in [3.63, 3.8) is 0 Å². The lowest BCUT2D eigenvalue weighted by Gasteiger charge is -2.35. The maximum Gasteiger partial charge on any atom is 0.108 e. The number of rotatable bonds is 5. The number of nitrogens with zero attached hydrogens (tertiary/aromatic N) is 2. The van der Waals surface area contributed by atoms with Gasteiger partial charge in [0.15, 0.2) is 0 Å². The minimum absolute atomic E-state index is 0.151. The zero-order valence-electron chi connectivity index (χ0n) is 13.6. The van der Waals surface area contributed by atoms with Gasteiger partial charge in [0.1, 0.15) is 5.82 Å². The summed E-state index contributed by atoms with van der Waals surface area (Å²) < 4.78 is 7.98. The number of imidazole rings is 1. The topological polar surface area (TPSA) is 39.1 Å². The van der Waals surface area contributed by atoms with Gasteiger partial charge in [-0.1, -0.05) is 0 Å². The minimum Gasteiger partial charge on any atom is -0.378 e. The van der Waals surface area contributed by atoms with Gasteiger partial charge < -0.3 is 14.6 Å². The summed E-state index contributed by atoms with van der Waals surface area (Å²) in [6.07, 6.45) is 7.50. The molecule has 2 unspecified atom stereocenters. The standard InChI is InChI=1S/C16H29N3O/c1-13-16(8-11-20-13,12-18-15(2,3)4)7-6-14-17-9-10-19(14)5/h9-10,13,18H,6-8,11-12H2,1-5H3. The molecular weight excluding hydrogens is 250 g/mol. The zero-order chi connectivity index (χ0) is 14.8. The average molecular weight is 279 g/mol. The van der Waals surface area contributed by atoms with E-state index < -0.39 is 0 Å². The predicted molar refractivity (Wildman–Crippen MR) is 81.7 cm³/mol. The van der Waals surface area contributed by atoms with Crippen LogP contribution in [0.25, 0.3) is 0 Å². The molecule has 1 aromatic heterocycles. The molecule has 4 nitrogen and oxygen atoms in total. The van der Waals surface area contributed by atoms with Crippen LogP contribution in [0.1, 0.15) is 46.4 Å². The van der Waals surface area contributed by atoms with Crippen LogP contribution in [0.5, 0.6) is 0 Å². The van der Waals surface area contributed by atoms with E-state index in [1.165, 1.54) is 5.82 Å². The van der Waals surface area contributed by atoms with E-state index in [4.69, 9.17) is 4.74 Å². The van der Waals surface area contributed by atoms with Crippen molar-refractivity contribution in [2.45, 2.75) is 58.6 Å². The quantitative estimate of drug-likeness (QED) is 0.900. The van der Waals surface area contributed by atoms with Crippen LogP contribution in [0.15, 0.2) is 12.4 Å². The van der Waals surface area contributed by atoms with Crippen LogP contribution in [0.2, 0.25) is 0 Å². The molecule has 0 aromatic carbocycles. The molecule has 0 aliphatic carbocycles. The normalized spacial score (nSPS) is 27.1. The maximum absolute atomic E-state index is 5.87. The molecule has 20 heavy (non-hydrogen) atoms. The summed E-state index contributed by atoms with van der Waals surface area (Å²) in [5, 5.41) is 3.67. The highest BCUT2D eigenvalue weighted by molar-refractivity contribution is 4.98. The van der Waals surface area contributed by atoms with Crippen molar-refractivity contribution in [2.75, 3.05) is 13.2 Å². The molecule has 1 aliphatic heterocycles. The van der Waals surface area contributed by atoms with Crippen LogP contribution in [-0.2, 0) is 18.2 Å². The van der Waals surface area contributed by atoms with Crippen LogP contribution >= 0.6 is 0 Å². The van der Waals surface area contributed by atoms with E-state index in [0.29, 0.717) is 6.10 Å². The second-order valence-electron chi connectivity index (χ2n) is 7.18. The van der Waals surface area contributed by atoms with Gasteiger partial charge in [0, 0.05) is 50.0 Å². The van der Waals surface area contributed by atoms with E-state index in [-0.39, 0.29) is 11.0 Å². The van der Waals surface area contributed by atoms with Crippen molar-refractivity contribution in [2.24, 2.45) is 12.5 Å². The van der Waals surface area contributed by atoms with Crippen LogP contribution in [0, 0.1) is 5.41 Å². The number of aryl methyl sites for hydroxylation is 2. The van der Waals surface area contributed by atoms with Gasteiger partial charge in [-0.05, 0) is 40.5 Å². The second kappa shape index (κ2) is 5.86. The molecule has 0 spiro atoms. The number of hydrogen-bond acceptors (Lipinski definition) is 3. The minimum atomic E-state index is 0.151. The Morgan fingerprint density at radius 3 is 2.75 bits per heavy atom. The molecule has 0 amide bonds. The third-order valence-corrected chi connectivity index (χ3v) is 4.57. The molecule has 1 N–H and O–H groups in total. The largest absolute Gasteiger partial charge is 0.378 e. The average Bonchev–Trinajstić information content (AvgIpc) is 2.91. The van der Waals surface area contributed by atoms with Crippen molar-refractivity contribution in [1.29, 1.82) is 0 Å². The van der Waals surface area contributed by atoms with E-state index in [2.05, 4.69) is 49.6 Å². The SMILES string of the molecule is CC1OCCC1(CCc1nccn1C)CNC(C)(C)C. The monoisotopic (exact) mass is 279 g/mol. The van der Waals surface area contributed by atoms with Crippen molar-refractivity contribution < 1.29 is 4.74 Å². The molecule has 2 heterocycles. The van der Waals surface area contributed by atoms with Crippen molar-refractivity contribution in [3.8, 4) is 0 Å². The number of ether oxygens (including phenoxy) is 1. The Hall–Kier alpha value is -0.870. The molecule has 1 aliphatic rings. The number of nitrogens with one attached hydrogen (secondary N) is 1. The van der Waals surface area contributed by atoms with Crippen LogP contribution < -0.4 is 5.32 Å². The maximum atomic E-state index is 5.87. The Morgan fingerprint density at radius 1 is 1.50 bits per heavy atom. The van der Waals surface area contributed by atoms with E-state index in [9.17, 15) is 0 Å². The van der Waals surface area contributed by atoms with Crippen LogP contribution in [-0.4, -0.2) is 34.3 Å². The molecule has 0 radical (unpaired) electrons. The van der Waals surface area contributed by atoms with Gasteiger partial charge in [-0.15, -0.1) is 0 Å². The lowest BCUT2D eigenvalue weighted by atomic mass is 9.77. The lowest BCUT2D eigenvalue weighted by Crippen LogP contribution is -2.47. The first-order chi connectivity index (χ1) is 9.32. The summed E-state index contributed by atoms with van der Waals surface area (Å²) >= 11 is 0. The fraction of sp³-hybridized carbons (Fsp3) is 0.812. The zero-order valence-corrected chi connectivity index (χ0v) is 13.6. The highest BCUT2D eigenvalue weighted by atomic mass is 16.5. The molecule has 1 fully saturated rings. The van der Waals surface area contributed by atoms with Gasteiger partial charge >= 0.3 is 0 Å². The molecule has 2 rings (SSSR count). The Labute approximate surface area is 122 Å². The van der Waals surface area contributed by atoms with E-state index in [0.717, 1.165) is 32.4 Å². The molecule has 114 valence electrons. The van der Waals surface area contributed by atoms with Gasteiger partial charge in [-0.25, -0.2) is 4.98 Å². The van der Waals surface area contributed by atoms with Crippen molar-refractivity contribution in [3.05, 3.63) is 18.2 Å². The first kappa shape index (κ1) is 15.5. The summed E-state index contributed by atoms with van der Waals surface area (Å²) in [6.45, 7) is 10.8. The molecular formula is C16H29N3O.